The highest BCUT2D eigenvalue weighted by Gasteiger charge is 2.73. The van der Waals surface area contributed by atoms with Crippen molar-refractivity contribution in [1.82, 2.24) is 52.3 Å². The summed E-state index contributed by atoms with van der Waals surface area (Å²) in [5.41, 5.74) is 11.6. The van der Waals surface area contributed by atoms with Gasteiger partial charge in [-0.15, -0.1) is 0 Å². The smallest absolute Gasteiger partial charge is 0.247 e. The summed E-state index contributed by atoms with van der Waals surface area (Å²) in [5.74, 6) is -10.6. The maximum atomic E-state index is 15.8. The first-order valence-electron chi connectivity index (χ1n) is 34.7. The number of hydrogen-bond donors (Lipinski definition) is 10. The fraction of sp³-hybridized carbons (Fsp3) is 0.541. The summed E-state index contributed by atoms with van der Waals surface area (Å²) in [7, 11) is 0. The second kappa shape index (κ2) is 31.6. The number of carbonyl (C=O) groups excluding carboxylic acids is 10. The van der Waals surface area contributed by atoms with Crippen molar-refractivity contribution >= 4 is 59.1 Å². The standard InChI is InChI=1S/C74H100N12O10/c1-43(2)41-53-69(93)85-39-23-35-55(85)65(89)83-73(57(47-25-13-9-14-26-47)58(73)48-27-15-10-16-28-48)71(95)82-62(46(7)8)68(92)78-52(34-22-38-76)64(88)80-54(42-44(3)4)70(94)86-40-24-36-56(86)66(90)84-74(59(49-29-17-11-18-30-49)60(74)50-31-19-12-20-32-50)72(96)81-61(45(5)6)67(91)77-51(33-21-37-75)63(87)79-53/h9-20,25-32,43-46,51-62H,21-24,33-42,75-76H2,1-8H3,(H,77,91)(H,78,92)(H,79,87)(H,80,88)(H,81,96)(H,82,95)(H,83,89)(H,84,90)/t51-,52-,53-,54-,55+,56+,57-,58-,59-,60-,61-,62-/m0/s1. The third kappa shape index (κ3) is 15.7. The van der Waals surface area contributed by atoms with Crippen LogP contribution in [0.4, 0.5) is 0 Å². The van der Waals surface area contributed by atoms with Gasteiger partial charge < -0.3 is 63.8 Å². The van der Waals surface area contributed by atoms with Gasteiger partial charge in [0.1, 0.15) is 59.4 Å². The number of amides is 10. The Morgan fingerprint density at radius 3 is 0.958 bits per heavy atom. The van der Waals surface area contributed by atoms with Crippen molar-refractivity contribution in [2.45, 2.75) is 203 Å². The molecule has 4 aromatic carbocycles. The highest BCUT2D eigenvalue weighted by Crippen LogP contribution is 2.65. The first-order valence-corrected chi connectivity index (χ1v) is 34.7. The second-order valence-electron chi connectivity index (χ2n) is 28.4. The van der Waals surface area contributed by atoms with E-state index in [1.807, 2.05) is 149 Å². The van der Waals surface area contributed by atoms with Gasteiger partial charge in [-0.25, -0.2) is 0 Å². The molecule has 9 rings (SSSR count). The number of carbonyl (C=O) groups is 10. The molecule has 22 heteroatoms. The fourth-order valence-electron chi connectivity index (χ4n) is 15.0. The summed E-state index contributed by atoms with van der Waals surface area (Å²) < 4.78 is 0. The molecule has 0 radical (unpaired) electrons. The molecule has 0 unspecified atom stereocenters. The molecule has 0 aromatic heterocycles. The van der Waals surface area contributed by atoms with Crippen molar-refractivity contribution in [3.05, 3.63) is 144 Å². The van der Waals surface area contributed by atoms with E-state index in [1.54, 1.807) is 27.7 Å². The van der Waals surface area contributed by atoms with Crippen molar-refractivity contribution in [2.24, 2.45) is 35.1 Å². The van der Waals surface area contributed by atoms with Gasteiger partial charge in [0.25, 0.3) is 0 Å². The molecular formula is C74H100N12O10. The molecule has 4 aromatic rings. The zero-order chi connectivity index (χ0) is 69.2. The minimum atomic E-state index is -1.74. The average Bonchev–Trinajstić information content (AvgIpc) is 1.53. The molecule has 3 saturated heterocycles. The highest BCUT2D eigenvalue weighted by atomic mass is 16.2. The molecular weight excluding hydrogens is 1220 g/mol. The van der Waals surface area contributed by atoms with Gasteiger partial charge in [-0.1, -0.05) is 177 Å². The Kier molecular flexibility index (Phi) is 23.6. The molecule has 2 saturated carbocycles. The van der Waals surface area contributed by atoms with Gasteiger partial charge in [-0.2, -0.15) is 0 Å². The summed E-state index contributed by atoms with van der Waals surface area (Å²) >= 11 is 0. The molecule has 5 aliphatic rings. The molecule has 5 fully saturated rings. The SMILES string of the molecule is CC(C)C[C@@H]1NC(=O)[C@H](CCCN)NC(=O)[C@H](C(C)C)NC(=O)C2(NC(=O)[C@H]3CCCN3C(=O)[C@H](CC(C)C)NC(=O)[C@H](CCCN)NC(=O)[C@H](C(C)C)NC(=O)C3(NC(=O)[C@H]4CCCN4C1=O)[C@@H](c1ccccc1)[C@@H]3c1ccccc1)[C@@H](c1ccccc1)[C@@H]2c1ccccc1. The normalized spacial score (nSPS) is 29.9. The molecule has 12 atom stereocenters. The van der Waals surface area contributed by atoms with Crippen LogP contribution in [0.15, 0.2) is 121 Å². The molecule has 22 nitrogen and oxygen atoms in total. The van der Waals surface area contributed by atoms with Crippen molar-refractivity contribution in [2.75, 3.05) is 26.2 Å². The summed E-state index contributed by atoms with van der Waals surface area (Å²) in [6, 6.07) is 27.4. The maximum absolute atomic E-state index is 15.8. The van der Waals surface area contributed by atoms with Crippen molar-refractivity contribution < 1.29 is 47.9 Å². The Balaban J connectivity index is 1.14. The Hall–Kier alpha value is -8.50. The van der Waals surface area contributed by atoms with Gasteiger partial charge in [0.05, 0.1) is 0 Å². The minimum absolute atomic E-state index is 0.0537. The molecule has 96 heavy (non-hydrogen) atoms. The number of benzene rings is 4. The first kappa shape index (κ1) is 71.8. The van der Waals surface area contributed by atoms with Crippen LogP contribution in [0.1, 0.15) is 166 Å². The maximum Gasteiger partial charge on any atom is 0.247 e. The largest absolute Gasteiger partial charge is 0.343 e. The minimum Gasteiger partial charge on any atom is -0.343 e. The van der Waals surface area contributed by atoms with Gasteiger partial charge >= 0.3 is 0 Å². The Bertz CT molecular complexity index is 3100. The number of hydrogen-bond acceptors (Lipinski definition) is 12. The van der Waals surface area contributed by atoms with Gasteiger partial charge in [0, 0.05) is 36.8 Å². The van der Waals surface area contributed by atoms with Crippen LogP contribution in [-0.4, -0.2) is 154 Å². The number of nitrogens with two attached hydrogens (primary N) is 2. The van der Waals surface area contributed by atoms with Crippen LogP contribution in [0.5, 0.6) is 0 Å². The van der Waals surface area contributed by atoms with Crippen LogP contribution in [0.2, 0.25) is 0 Å². The van der Waals surface area contributed by atoms with Gasteiger partial charge in [0.15, 0.2) is 0 Å². The van der Waals surface area contributed by atoms with E-state index in [9.17, 15) is 9.59 Å². The predicted octanol–water partition coefficient (Wildman–Crippen LogP) is 4.65. The lowest BCUT2D eigenvalue weighted by Gasteiger charge is -2.33. The zero-order valence-electron chi connectivity index (χ0n) is 56.8. The third-order valence-electron chi connectivity index (χ3n) is 19.9. The third-order valence-corrected chi connectivity index (χ3v) is 19.9. The van der Waals surface area contributed by atoms with E-state index in [0.717, 1.165) is 22.3 Å². The van der Waals surface area contributed by atoms with E-state index in [4.69, 9.17) is 11.5 Å². The van der Waals surface area contributed by atoms with Crippen molar-refractivity contribution in [3.63, 3.8) is 0 Å². The summed E-state index contributed by atoms with van der Waals surface area (Å²) in [6.45, 7) is 15.2. The average molecular weight is 1320 g/mol. The summed E-state index contributed by atoms with van der Waals surface area (Å²) in [4.78, 5) is 156. The lowest BCUT2D eigenvalue weighted by atomic mass is 9.98. The Morgan fingerprint density at radius 1 is 0.396 bits per heavy atom. The number of nitrogens with zero attached hydrogens (tertiary/aromatic N) is 2. The van der Waals surface area contributed by atoms with E-state index < -0.39 is 154 Å². The molecule has 12 N–H and O–H groups in total. The lowest BCUT2D eigenvalue weighted by molar-refractivity contribution is -0.143. The second-order valence-corrected chi connectivity index (χ2v) is 28.4. The van der Waals surface area contributed by atoms with Crippen LogP contribution in [0.25, 0.3) is 0 Å². The quantitative estimate of drug-likeness (QED) is 0.0734. The first-order chi connectivity index (χ1) is 46.0. The highest BCUT2D eigenvalue weighted by molar-refractivity contribution is 6.05. The van der Waals surface area contributed by atoms with Crippen LogP contribution < -0.4 is 54.0 Å². The molecule has 3 aliphatic heterocycles. The van der Waals surface area contributed by atoms with Crippen LogP contribution in [0, 0.1) is 23.7 Å². The predicted molar refractivity (Wildman–Crippen MR) is 365 cm³/mol. The monoisotopic (exact) mass is 1320 g/mol. The van der Waals surface area contributed by atoms with Crippen LogP contribution in [-0.2, 0) is 47.9 Å². The van der Waals surface area contributed by atoms with Gasteiger partial charge in [-0.05, 0) is 123 Å². The lowest BCUT2D eigenvalue weighted by Crippen LogP contribution is -2.63. The zero-order valence-corrected chi connectivity index (χ0v) is 56.8. The molecule has 2 aliphatic carbocycles. The fourth-order valence-corrected chi connectivity index (χ4v) is 15.0. The van der Waals surface area contributed by atoms with Crippen LogP contribution in [0.3, 0.4) is 0 Å². The molecule has 0 bridgehead atoms. The molecule has 3 heterocycles. The van der Waals surface area contributed by atoms with E-state index in [1.165, 1.54) is 9.80 Å². The molecule has 2 spiro atoms. The molecule has 516 valence electrons. The topological polar surface area (TPSA) is 325 Å². The van der Waals surface area contributed by atoms with E-state index in [0.29, 0.717) is 12.8 Å². The van der Waals surface area contributed by atoms with Gasteiger partial charge in [0.2, 0.25) is 59.1 Å². The van der Waals surface area contributed by atoms with Crippen LogP contribution >= 0.6 is 0 Å². The van der Waals surface area contributed by atoms with E-state index in [2.05, 4.69) is 42.5 Å². The number of nitrogens with one attached hydrogen (secondary N) is 8. The Morgan fingerprint density at radius 2 is 0.688 bits per heavy atom. The van der Waals surface area contributed by atoms with E-state index >= 15 is 38.4 Å². The molecule has 10 amide bonds. The van der Waals surface area contributed by atoms with Gasteiger partial charge in [-0.3, -0.25) is 47.9 Å². The summed E-state index contributed by atoms with van der Waals surface area (Å²) in [5, 5.41) is 24.2. The summed E-state index contributed by atoms with van der Waals surface area (Å²) in [6.07, 6.45) is 2.23. The Labute approximate surface area is 564 Å². The van der Waals surface area contributed by atoms with Crippen molar-refractivity contribution in [3.8, 4) is 0 Å². The number of rotatable bonds is 16. The van der Waals surface area contributed by atoms with Crippen molar-refractivity contribution in [1.29, 1.82) is 0 Å². The number of fused-ring (bicyclic) bond motifs is 2. The van der Waals surface area contributed by atoms with E-state index in [-0.39, 0.29) is 89.4 Å².